The van der Waals surface area contributed by atoms with Crippen LogP contribution in [-0.4, -0.2) is 25.6 Å². The quantitative estimate of drug-likeness (QED) is 0.591. The second-order valence-electron chi connectivity index (χ2n) is 4.08. The molecule has 0 aliphatic heterocycles. The predicted octanol–water partition coefficient (Wildman–Crippen LogP) is 2.07. The maximum absolute atomic E-state index is 11.8. The lowest BCUT2D eigenvalue weighted by molar-refractivity contribution is -0.243. The van der Waals surface area contributed by atoms with Gasteiger partial charge in [-0.15, -0.1) is 0 Å². The number of hydrogen-bond acceptors (Lipinski definition) is 2. The lowest BCUT2D eigenvalue weighted by Crippen LogP contribution is -2.21. The Hall–Kier alpha value is -1.09. The molecule has 0 heterocycles. The Morgan fingerprint density at radius 3 is 2.12 bits per heavy atom. The first-order chi connectivity index (χ1) is 8.08. The van der Waals surface area contributed by atoms with E-state index in [0.717, 1.165) is 18.7 Å². The molecule has 0 atom stereocenters. The Labute approximate surface area is 107 Å². The topological polar surface area (TPSA) is 26.3 Å². The molecular weight excluding hydrogens is 230 g/mol. The second kappa shape index (κ2) is 6.60. The van der Waals surface area contributed by atoms with Crippen molar-refractivity contribution in [3.05, 3.63) is 35.2 Å². The molecule has 1 rings (SSSR count). The van der Waals surface area contributed by atoms with Crippen LogP contribution in [0.2, 0.25) is 0 Å². The maximum Gasteiger partial charge on any atom is 0.111 e. The Morgan fingerprint density at radius 1 is 1.18 bits per heavy atom. The summed E-state index contributed by atoms with van der Waals surface area (Å²) in [5.41, 5.74) is 1.96. The van der Waals surface area contributed by atoms with E-state index in [1.165, 1.54) is 5.69 Å². The van der Waals surface area contributed by atoms with Crippen LogP contribution >= 0.6 is 0 Å². The van der Waals surface area contributed by atoms with Gasteiger partial charge in [-0.1, -0.05) is 17.9 Å². The summed E-state index contributed by atoms with van der Waals surface area (Å²) in [6, 6.07) is 7.88. The summed E-state index contributed by atoms with van der Waals surface area (Å²) in [7, 11) is 0.0515. The lowest BCUT2D eigenvalue weighted by atomic mass is 10.1. The summed E-state index contributed by atoms with van der Waals surface area (Å²) in [4.78, 5) is 2.27. The highest BCUT2D eigenvalue weighted by molar-refractivity contribution is 7.98. The molecule has 0 spiro atoms. The highest BCUT2D eigenvalue weighted by Gasteiger charge is 2.02. The van der Waals surface area contributed by atoms with Crippen molar-refractivity contribution in [2.75, 3.05) is 30.5 Å². The third-order valence-electron chi connectivity index (χ3n) is 2.62. The van der Waals surface area contributed by atoms with Crippen LogP contribution in [0.15, 0.2) is 29.7 Å². The van der Waals surface area contributed by atoms with Crippen LogP contribution in [-0.2, 0) is 10.9 Å². The van der Waals surface area contributed by atoms with Crippen molar-refractivity contribution in [1.82, 2.24) is 0 Å². The molecule has 0 saturated carbocycles. The molecule has 1 aromatic carbocycles. The largest absolute Gasteiger partial charge is 0.869 e. The fourth-order valence-electron chi connectivity index (χ4n) is 1.71. The van der Waals surface area contributed by atoms with Gasteiger partial charge in [-0.25, -0.2) is 0 Å². The van der Waals surface area contributed by atoms with Gasteiger partial charge in [-0.2, -0.15) is 0 Å². The SMILES string of the molecule is CCN(CC)c1ccc(/C([O-])=C/[S+](C)C)cc1. The zero-order valence-electron chi connectivity index (χ0n) is 11.1. The third kappa shape index (κ3) is 4.00. The molecule has 0 unspecified atom stereocenters. The molecule has 0 bridgehead atoms. The summed E-state index contributed by atoms with van der Waals surface area (Å²) < 4.78 is 0. The minimum Gasteiger partial charge on any atom is -0.869 e. The van der Waals surface area contributed by atoms with Crippen LogP contribution < -0.4 is 10.0 Å². The van der Waals surface area contributed by atoms with Gasteiger partial charge in [0, 0.05) is 29.7 Å². The van der Waals surface area contributed by atoms with Crippen molar-refractivity contribution in [3.63, 3.8) is 0 Å². The first-order valence-corrected chi connectivity index (χ1v) is 7.99. The molecule has 0 amide bonds. The molecule has 1 aromatic rings. The van der Waals surface area contributed by atoms with E-state index in [4.69, 9.17) is 0 Å². The normalized spacial score (nSPS) is 11.9. The molecule has 17 heavy (non-hydrogen) atoms. The zero-order chi connectivity index (χ0) is 12.8. The van der Waals surface area contributed by atoms with E-state index in [1.54, 1.807) is 5.41 Å². The molecule has 0 N–H and O–H groups in total. The summed E-state index contributed by atoms with van der Waals surface area (Å²) in [5, 5.41) is 13.6. The van der Waals surface area contributed by atoms with Crippen molar-refractivity contribution < 1.29 is 5.11 Å². The maximum atomic E-state index is 11.8. The van der Waals surface area contributed by atoms with Crippen LogP contribution in [0.25, 0.3) is 5.76 Å². The van der Waals surface area contributed by atoms with Crippen molar-refractivity contribution in [2.45, 2.75) is 13.8 Å². The average Bonchev–Trinajstić information content (AvgIpc) is 2.30. The second-order valence-corrected chi connectivity index (χ2v) is 6.08. The minimum absolute atomic E-state index is 0.0515. The molecule has 0 aromatic heterocycles. The Morgan fingerprint density at radius 2 is 1.71 bits per heavy atom. The predicted molar refractivity (Wildman–Crippen MR) is 77.2 cm³/mol. The lowest BCUT2D eigenvalue weighted by Gasteiger charge is -2.21. The first-order valence-electron chi connectivity index (χ1n) is 5.89. The summed E-state index contributed by atoms with van der Waals surface area (Å²) >= 11 is 0. The molecule has 0 fully saturated rings. The fourth-order valence-corrected chi connectivity index (χ4v) is 2.27. The van der Waals surface area contributed by atoms with Crippen molar-refractivity contribution in [2.24, 2.45) is 0 Å². The van der Waals surface area contributed by atoms with Gasteiger partial charge in [0.15, 0.2) is 0 Å². The van der Waals surface area contributed by atoms with Gasteiger partial charge in [0.25, 0.3) is 0 Å². The van der Waals surface area contributed by atoms with Crippen LogP contribution in [0.1, 0.15) is 19.4 Å². The zero-order valence-corrected chi connectivity index (χ0v) is 11.9. The van der Waals surface area contributed by atoms with Gasteiger partial charge in [-0.3, -0.25) is 0 Å². The summed E-state index contributed by atoms with van der Waals surface area (Å²) in [6.45, 7) is 6.25. The van der Waals surface area contributed by atoms with Gasteiger partial charge in [0.2, 0.25) is 0 Å². The molecular formula is C14H21NOS. The molecule has 0 saturated heterocycles. The van der Waals surface area contributed by atoms with Crippen LogP contribution in [0.3, 0.4) is 0 Å². The van der Waals surface area contributed by atoms with E-state index in [0.29, 0.717) is 0 Å². The van der Waals surface area contributed by atoms with Crippen LogP contribution in [0.5, 0.6) is 0 Å². The van der Waals surface area contributed by atoms with Crippen LogP contribution in [0.4, 0.5) is 5.69 Å². The molecule has 94 valence electrons. The van der Waals surface area contributed by atoms with Gasteiger partial charge < -0.3 is 10.0 Å². The summed E-state index contributed by atoms with van der Waals surface area (Å²) in [6.07, 6.45) is 4.09. The highest BCUT2D eigenvalue weighted by Crippen LogP contribution is 2.18. The van der Waals surface area contributed by atoms with E-state index < -0.39 is 0 Å². The molecule has 0 aliphatic carbocycles. The molecule has 3 heteroatoms. The van der Waals surface area contributed by atoms with E-state index in [1.807, 2.05) is 36.8 Å². The molecule has 2 nitrogen and oxygen atoms in total. The Kier molecular flexibility index (Phi) is 5.42. The van der Waals surface area contributed by atoms with E-state index in [2.05, 4.69) is 18.7 Å². The van der Waals surface area contributed by atoms with Crippen molar-refractivity contribution in [1.29, 1.82) is 0 Å². The van der Waals surface area contributed by atoms with Gasteiger partial charge in [-0.05, 0) is 31.5 Å². The van der Waals surface area contributed by atoms with Gasteiger partial charge in [0.1, 0.15) is 17.9 Å². The van der Waals surface area contributed by atoms with Crippen molar-refractivity contribution >= 4 is 22.3 Å². The Balaban J connectivity index is 2.88. The third-order valence-corrected chi connectivity index (χ3v) is 3.31. The number of nitrogens with zero attached hydrogens (tertiary/aromatic N) is 1. The standard InChI is InChI=1S/C14H21NOS/c1-5-15(6-2)13-9-7-12(8-10-13)14(16)11-17(3)4/h7-11H,5-6H2,1-4H3/b14-11-. The average molecular weight is 251 g/mol. The molecule has 0 aliphatic rings. The number of benzene rings is 1. The Bertz CT molecular complexity index is 366. The minimum atomic E-state index is 0.0515. The monoisotopic (exact) mass is 251 g/mol. The smallest absolute Gasteiger partial charge is 0.111 e. The highest BCUT2D eigenvalue weighted by atomic mass is 32.2. The van der Waals surface area contributed by atoms with Crippen molar-refractivity contribution in [3.8, 4) is 0 Å². The number of hydrogen-bond donors (Lipinski definition) is 0. The van der Waals surface area contributed by atoms with Gasteiger partial charge in [0.05, 0.1) is 0 Å². The molecule has 0 radical (unpaired) electrons. The van der Waals surface area contributed by atoms with E-state index in [9.17, 15) is 5.11 Å². The number of anilines is 1. The van der Waals surface area contributed by atoms with Crippen LogP contribution in [0, 0.1) is 0 Å². The summed E-state index contributed by atoms with van der Waals surface area (Å²) in [5.74, 6) is 0.129. The van der Waals surface area contributed by atoms with E-state index in [-0.39, 0.29) is 16.7 Å². The van der Waals surface area contributed by atoms with Gasteiger partial charge >= 0.3 is 0 Å². The van der Waals surface area contributed by atoms with E-state index >= 15 is 0 Å². The fraction of sp³-hybridized carbons (Fsp3) is 0.429. The number of rotatable bonds is 5. The first kappa shape index (κ1) is 14.0.